The fraction of sp³-hybridized carbons (Fsp3) is 0.122. The second-order valence-electron chi connectivity index (χ2n) is 12.2. The van der Waals surface area contributed by atoms with Gasteiger partial charge in [-0.05, 0) is 91.6 Å². The van der Waals surface area contributed by atoms with E-state index in [2.05, 4.69) is 33.6 Å². The largest absolute Gasteiger partial charge is 0.744 e. The topological polar surface area (TPSA) is 166 Å². The Morgan fingerprint density at radius 3 is 1.46 bits per heavy atom. The highest BCUT2D eigenvalue weighted by atomic mass is 32.2. The molecule has 0 radical (unpaired) electrons. The van der Waals surface area contributed by atoms with Gasteiger partial charge in [-0.25, -0.2) is 17.6 Å². The monoisotopic (exact) mass is 744 g/mol. The van der Waals surface area contributed by atoms with Crippen LogP contribution in [0, 0.1) is 17.0 Å². The van der Waals surface area contributed by atoms with Gasteiger partial charge in [0.1, 0.15) is 28.8 Å². The number of nitrogens with zero attached hydrogens (tertiary/aromatic N) is 3. The van der Waals surface area contributed by atoms with Crippen molar-refractivity contribution in [3.8, 4) is 22.3 Å². The summed E-state index contributed by atoms with van der Waals surface area (Å²) in [6, 6.07) is 32.2. The van der Waals surface area contributed by atoms with Gasteiger partial charge in [-0.3, -0.25) is 19.7 Å². The van der Waals surface area contributed by atoms with Gasteiger partial charge in [0.2, 0.25) is 0 Å². The molecule has 2 heterocycles. The van der Waals surface area contributed by atoms with Gasteiger partial charge in [-0.2, -0.15) is 0 Å². The number of nitro benzene ring substituents is 1. The minimum atomic E-state index is -4.27. The first-order valence-electron chi connectivity index (χ1n) is 17.0. The van der Waals surface area contributed by atoms with E-state index in [9.17, 15) is 32.7 Å². The Bertz CT molecular complexity index is 2370. The summed E-state index contributed by atoms with van der Waals surface area (Å²) in [4.78, 5) is 37.0. The summed E-state index contributed by atoms with van der Waals surface area (Å²) in [5.74, 6) is -1.16. The highest BCUT2D eigenvalue weighted by Gasteiger charge is 2.23. The molecular weight excluding hydrogens is 707 g/mol. The molecule has 2 N–H and O–H groups in total. The number of anilines is 2. The van der Waals surface area contributed by atoms with E-state index >= 15 is 0 Å². The van der Waals surface area contributed by atoms with Gasteiger partial charge in [0.05, 0.1) is 9.82 Å². The van der Waals surface area contributed by atoms with Crippen molar-refractivity contribution in [2.45, 2.75) is 38.8 Å². The standard InChI is InChI=1S/C34H29N5O4.C7H8O3S/c1-3-37-19-15-26(16-20-37)24-5-10-29(11-6-24)35-33(40)28-9-14-31(32(23-28)39(42)43)34(41)36-30-12-7-25(8-13-30)27-17-21-38(4-2)22-18-27;1-6-2-4-7(5-3-6)11(8,9)10/h5-23H,3-4H2,1-2H3;2-5H,1H3,(H,8,9,10)/p+1. The van der Waals surface area contributed by atoms with Gasteiger partial charge in [-0.15, -0.1) is 0 Å². The van der Waals surface area contributed by atoms with Crippen molar-refractivity contribution in [1.29, 1.82) is 0 Å². The molecule has 0 atom stereocenters. The summed E-state index contributed by atoms with van der Waals surface area (Å²) in [6.45, 7) is 7.72. The number of hydrogen-bond donors (Lipinski definition) is 2. The molecule has 0 bridgehead atoms. The molecule has 2 aromatic heterocycles. The SMILES string of the molecule is CC[n+]1ccc(-c2ccc(NC(=O)c3ccc(C(=O)Nc4ccc(-c5cc[n+](CC)cc5)cc4)c([N+](=O)[O-])c3)cc2)cc1.Cc1ccc(S(=O)(=O)[O-])cc1. The summed E-state index contributed by atoms with van der Waals surface area (Å²) in [5.41, 5.74) is 5.47. The maximum Gasteiger partial charge on any atom is 0.282 e. The molecule has 4 aromatic carbocycles. The number of aryl methyl sites for hydroxylation is 3. The van der Waals surface area contributed by atoms with Crippen LogP contribution < -0.4 is 19.8 Å². The van der Waals surface area contributed by atoms with Crippen molar-refractivity contribution in [1.82, 2.24) is 0 Å². The van der Waals surface area contributed by atoms with E-state index in [1.165, 1.54) is 24.3 Å². The number of hydrogen-bond acceptors (Lipinski definition) is 7. The first kappa shape index (κ1) is 38.7. The van der Waals surface area contributed by atoms with Crippen LogP contribution in [0.4, 0.5) is 17.1 Å². The van der Waals surface area contributed by atoms with Crippen molar-refractivity contribution >= 4 is 39.0 Å². The Balaban J connectivity index is 0.000000438. The fourth-order valence-electron chi connectivity index (χ4n) is 5.34. The third kappa shape index (κ3) is 10.1. The molecule has 0 aliphatic rings. The quantitative estimate of drug-likeness (QED) is 0.0663. The number of aromatic nitrogens is 2. The predicted octanol–water partition coefficient (Wildman–Crippen LogP) is 6.95. The van der Waals surface area contributed by atoms with E-state index < -0.39 is 32.5 Å². The summed E-state index contributed by atoms with van der Waals surface area (Å²) in [7, 11) is -4.27. The molecule has 274 valence electrons. The number of pyridine rings is 2. The lowest BCUT2D eigenvalue weighted by molar-refractivity contribution is -0.693. The zero-order valence-corrected chi connectivity index (χ0v) is 30.6. The molecule has 0 spiro atoms. The van der Waals surface area contributed by atoms with Crippen LogP contribution in [-0.2, 0) is 23.2 Å². The number of carbonyl (C=O) groups is 2. The summed E-state index contributed by atoms with van der Waals surface area (Å²) in [5, 5.41) is 17.3. The van der Waals surface area contributed by atoms with Crippen molar-refractivity contribution < 1.29 is 36.6 Å². The van der Waals surface area contributed by atoms with E-state index in [0.29, 0.717) is 11.4 Å². The number of nitro groups is 1. The first-order chi connectivity index (χ1) is 25.8. The van der Waals surface area contributed by atoms with Crippen LogP contribution in [0.25, 0.3) is 22.3 Å². The molecule has 2 amide bonds. The molecule has 0 saturated carbocycles. The number of carbonyl (C=O) groups excluding carboxylic acids is 2. The molecular formula is C41H38N5O7S+. The van der Waals surface area contributed by atoms with E-state index in [1.54, 1.807) is 36.4 Å². The molecule has 6 rings (SSSR count). The van der Waals surface area contributed by atoms with Crippen LogP contribution >= 0.6 is 0 Å². The minimum absolute atomic E-state index is 0.0658. The Morgan fingerprint density at radius 1 is 0.630 bits per heavy atom. The number of benzene rings is 4. The molecule has 0 saturated heterocycles. The third-order valence-corrected chi connectivity index (χ3v) is 9.33. The van der Waals surface area contributed by atoms with E-state index in [4.69, 9.17) is 0 Å². The smallest absolute Gasteiger partial charge is 0.282 e. The molecule has 0 aliphatic heterocycles. The first-order valence-corrected chi connectivity index (χ1v) is 18.4. The Labute approximate surface area is 313 Å². The maximum absolute atomic E-state index is 13.0. The fourth-order valence-corrected chi connectivity index (χ4v) is 5.81. The third-order valence-electron chi connectivity index (χ3n) is 8.48. The van der Waals surface area contributed by atoms with Crippen LogP contribution in [0.2, 0.25) is 0 Å². The van der Waals surface area contributed by atoms with E-state index in [-0.39, 0.29) is 16.0 Å². The average molecular weight is 745 g/mol. The van der Waals surface area contributed by atoms with Crippen LogP contribution in [0.3, 0.4) is 0 Å². The summed E-state index contributed by atoms with van der Waals surface area (Å²) >= 11 is 0. The lowest BCUT2D eigenvalue weighted by atomic mass is 10.1. The summed E-state index contributed by atoms with van der Waals surface area (Å²) in [6.07, 6.45) is 8.00. The van der Waals surface area contributed by atoms with Crippen LogP contribution in [0.15, 0.2) is 145 Å². The number of nitrogens with one attached hydrogen (secondary N) is 2. The highest BCUT2D eigenvalue weighted by Crippen LogP contribution is 2.25. The predicted molar refractivity (Wildman–Crippen MR) is 204 cm³/mol. The van der Waals surface area contributed by atoms with Crippen molar-refractivity contribution in [3.05, 3.63) is 167 Å². The molecule has 0 unspecified atom stereocenters. The molecule has 6 aromatic rings. The van der Waals surface area contributed by atoms with Crippen molar-refractivity contribution in [2.75, 3.05) is 10.6 Å². The van der Waals surface area contributed by atoms with Crippen LogP contribution in [0.1, 0.15) is 40.1 Å². The molecule has 0 aliphatic carbocycles. The average Bonchev–Trinajstić information content (AvgIpc) is 3.18. The minimum Gasteiger partial charge on any atom is -0.744 e. The molecule has 0 fully saturated rings. The lowest BCUT2D eigenvalue weighted by Crippen LogP contribution is -2.30. The maximum atomic E-state index is 13.0. The summed E-state index contributed by atoms with van der Waals surface area (Å²) < 4.78 is 35.3. The normalized spacial score (nSPS) is 10.8. The van der Waals surface area contributed by atoms with Crippen LogP contribution in [0.5, 0.6) is 0 Å². The Hall–Kier alpha value is -6.57. The molecule has 13 heteroatoms. The molecule has 12 nitrogen and oxygen atoms in total. The van der Waals surface area contributed by atoms with Crippen molar-refractivity contribution in [3.63, 3.8) is 0 Å². The number of rotatable bonds is 10. The van der Waals surface area contributed by atoms with E-state index in [0.717, 1.165) is 47.0 Å². The van der Waals surface area contributed by atoms with Gasteiger partial charge in [0.25, 0.3) is 17.5 Å². The zero-order chi connectivity index (χ0) is 38.8. The lowest BCUT2D eigenvalue weighted by Gasteiger charge is -2.10. The number of amides is 2. The second kappa shape index (κ2) is 17.3. The second-order valence-corrected chi connectivity index (χ2v) is 13.5. The van der Waals surface area contributed by atoms with Gasteiger partial charge in [0.15, 0.2) is 24.8 Å². The molecule has 54 heavy (non-hydrogen) atoms. The van der Waals surface area contributed by atoms with Crippen LogP contribution in [-0.4, -0.2) is 29.7 Å². The van der Waals surface area contributed by atoms with E-state index in [1.807, 2.05) is 80.2 Å². The van der Waals surface area contributed by atoms with Gasteiger partial charge in [0, 0.05) is 47.3 Å². The van der Waals surface area contributed by atoms with Gasteiger partial charge < -0.3 is 15.2 Å². The Kier molecular flexibility index (Phi) is 12.4. The van der Waals surface area contributed by atoms with Gasteiger partial charge in [-0.1, -0.05) is 42.0 Å². The van der Waals surface area contributed by atoms with Crippen molar-refractivity contribution in [2.24, 2.45) is 0 Å². The van der Waals surface area contributed by atoms with Gasteiger partial charge >= 0.3 is 0 Å². The zero-order valence-electron chi connectivity index (χ0n) is 29.8. The Morgan fingerprint density at radius 2 is 1.06 bits per heavy atom. The highest BCUT2D eigenvalue weighted by molar-refractivity contribution is 7.85.